The normalized spacial score (nSPS) is 11.1. The molecule has 0 saturated heterocycles. The average molecular weight is 282 g/mol. The molecule has 2 aromatic rings. The molecule has 0 N–H and O–H groups in total. The second kappa shape index (κ2) is 5.59. The lowest BCUT2D eigenvalue weighted by Crippen LogP contribution is -1.78. The van der Waals surface area contributed by atoms with Crippen LogP contribution in [0, 0.1) is 6.92 Å². The Morgan fingerprint density at radius 1 is 1.06 bits per heavy atom. The highest BCUT2D eigenvalue weighted by atomic mass is 32.2. The largest absolute Gasteiger partial charge is 0.139 e. The third-order valence-corrected chi connectivity index (χ3v) is 6.68. The topological polar surface area (TPSA) is 0 Å². The molecule has 92 valence electrons. The van der Waals surface area contributed by atoms with Gasteiger partial charge in [0.25, 0.3) is 0 Å². The lowest BCUT2D eigenvalue weighted by atomic mass is 10.1. The SMILES string of the molecule is CCc1cc(C)c(-c2sc(SC)cc2CC)s1. The summed E-state index contributed by atoms with van der Waals surface area (Å²) in [6.07, 6.45) is 4.44. The van der Waals surface area contributed by atoms with E-state index in [-0.39, 0.29) is 0 Å². The van der Waals surface area contributed by atoms with Crippen LogP contribution in [0.25, 0.3) is 9.75 Å². The van der Waals surface area contributed by atoms with E-state index < -0.39 is 0 Å². The molecule has 0 fully saturated rings. The van der Waals surface area contributed by atoms with E-state index in [4.69, 9.17) is 0 Å². The summed E-state index contributed by atoms with van der Waals surface area (Å²) in [4.78, 5) is 4.49. The van der Waals surface area contributed by atoms with Crippen molar-refractivity contribution in [3.05, 3.63) is 28.1 Å². The van der Waals surface area contributed by atoms with Gasteiger partial charge in [0.2, 0.25) is 0 Å². The molecule has 0 bridgehead atoms. The zero-order chi connectivity index (χ0) is 12.4. The summed E-state index contributed by atoms with van der Waals surface area (Å²) in [5.74, 6) is 0. The Labute approximate surface area is 116 Å². The molecule has 0 nitrogen and oxygen atoms in total. The van der Waals surface area contributed by atoms with Crippen LogP contribution in [0.5, 0.6) is 0 Å². The summed E-state index contributed by atoms with van der Waals surface area (Å²) < 4.78 is 1.43. The summed E-state index contributed by atoms with van der Waals surface area (Å²) in [7, 11) is 0. The first-order chi connectivity index (χ1) is 8.19. The summed E-state index contributed by atoms with van der Waals surface area (Å²) in [6.45, 7) is 6.72. The Hall–Kier alpha value is -0.250. The van der Waals surface area contributed by atoms with Crippen molar-refractivity contribution in [2.24, 2.45) is 0 Å². The maximum atomic E-state index is 2.36. The third kappa shape index (κ3) is 2.61. The molecular weight excluding hydrogens is 264 g/mol. The van der Waals surface area contributed by atoms with Gasteiger partial charge < -0.3 is 0 Å². The zero-order valence-corrected chi connectivity index (χ0v) is 13.2. The zero-order valence-electron chi connectivity index (χ0n) is 10.8. The van der Waals surface area contributed by atoms with E-state index in [2.05, 4.69) is 39.2 Å². The van der Waals surface area contributed by atoms with E-state index in [0.717, 1.165) is 12.8 Å². The minimum Gasteiger partial charge on any atom is -0.139 e. The minimum absolute atomic E-state index is 1.13. The van der Waals surface area contributed by atoms with Crippen molar-refractivity contribution in [2.75, 3.05) is 6.26 Å². The Morgan fingerprint density at radius 2 is 1.82 bits per heavy atom. The second-order valence-electron chi connectivity index (χ2n) is 4.06. The van der Waals surface area contributed by atoms with Crippen LogP contribution >= 0.6 is 34.4 Å². The highest BCUT2D eigenvalue weighted by Crippen LogP contribution is 2.42. The molecule has 0 aliphatic carbocycles. The highest BCUT2D eigenvalue weighted by Gasteiger charge is 2.14. The van der Waals surface area contributed by atoms with Crippen LogP contribution in [-0.4, -0.2) is 6.26 Å². The first-order valence-corrected chi connectivity index (χ1v) is 8.81. The lowest BCUT2D eigenvalue weighted by Gasteiger charge is -1.99. The number of hydrogen-bond donors (Lipinski definition) is 0. The van der Waals surface area contributed by atoms with Gasteiger partial charge in [-0.1, -0.05) is 13.8 Å². The predicted octanol–water partition coefficient (Wildman–Crippen LogP) is 5.63. The summed E-state index contributed by atoms with van der Waals surface area (Å²) >= 11 is 5.77. The van der Waals surface area contributed by atoms with Gasteiger partial charge in [-0.15, -0.1) is 34.4 Å². The molecule has 0 unspecified atom stereocenters. The van der Waals surface area contributed by atoms with Crippen molar-refractivity contribution in [1.29, 1.82) is 0 Å². The molecule has 0 aliphatic rings. The molecule has 0 saturated carbocycles. The summed E-state index contributed by atoms with van der Waals surface area (Å²) in [6, 6.07) is 4.70. The first-order valence-electron chi connectivity index (χ1n) is 5.95. The van der Waals surface area contributed by atoms with Gasteiger partial charge in [0.1, 0.15) is 0 Å². The molecule has 0 amide bonds. The van der Waals surface area contributed by atoms with E-state index in [1.807, 2.05) is 34.4 Å². The molecule has 0 atom stereocenters. The molecule has 0 aliphatic heterocycles. The fourth-order valence-corrected chi connectivity index (χ4v) is 5.08. The van der Waals surface area contributed by atoms with Crippen LogP contribution in [0.15, 0.2) is 16.3 Å². The monoisotopic (exact) mass is 282 g/mol. The molecule has 3 heteroatoms. The fourth-order valence-electron chi connectivity index (χ4n) is 1.91. The number of thioether (sulfide) groups is 1. The molecule has 0 aromatic carbocycles. The van der Waals surface area contributed by atoms with E-state index in [1.165, 1.54) is 30.0 Å². The molecule has 0 spiro atoms. The smallest absolute Gasteiger partial charge is 0.0605 e. The van der Waals surface area contributed by atoms with Crippen molar-refractivity contribution < 1.29 is 0 Å². The Kier molecular flexibility index (Phi) is 4.34. The number of aryl methyl sites for hydroxylation is 3. The summed E-state index contributed by atoms with van der Waals surface area (Å²) in [5, 5.41) is 0. The highest BCUT2D eigenvalue weighted by molar-refractivity contribution is 8.00. The first kappa shape index (κ1) is 13.2. The molecule has 2 rings (SSSR count). The van der Waals surface area contributed by atoms with Gasteiger partial charge in [-0.3, -0.25) is 0 Å². The average Bonchev–Trinajstić information content (AvgIpc) is 2.91. The van der Waals surface area contributed by atoms with Gasteiger partial charge >= 0.3 is 0 Å². The van der Waals surface area contributed by atoms with Crippen LogP contribution in [0.1, 0.15) is 29.9 Å². The summed E-state index contributed by atoms with van der Waals surface area (Å²) in [5.41, 5.74) is 2.95. The molecular formula is C14H18S3. The van der Waals surface area contributed by atoms with E-state index in [9.17, 15) is 0 Å². The van der Waals surface area contributed by atoms with Gasteiger partial charge in [-0.25, -0.2) is 0 Å². The van der Waals surface area contributed by atoms with Crippen molar-refractivity contribution in [1.82, 2.24) is 0 Å². The third-order valence-electron chi connectivity index (χ3n) is 2.89. The van der Waals surface area contributed by atoms with Gasteiger partial charge in [0, 0.05) is 14.6 Å². The Bertz CT molecular complexity index is 506. The van der Waals surface area contributed by atoms with Gasteiger partial charge in [0.05, 0.1) is 4.21 Å². The van der Waals surface area contributed by atoms with Crippen LogP contribution in [0.3, 0.4) is 0 Å². The van der Waals surface area contributed by atoms with Crippen molar-refractivity contribution in [3.63, 3.8) is 0 Å². The molecule has 2 heterocycles. The number of rotatable bonds is 4. The van der Waals surface area contributed by atoms with Crippen molar-refractivity contribution in [3.8, 4) is 9.75 Å². The molecule has 0 radical (unpaired) electrons. The maximum absolute atomic E-state index is 2.36. The van der Waals surface area contributed by atoms with E-state index >= 15 is 0 Å². The number of thiophene rings is 2. The number of hydrogen-bond acceptors (Lipinski definition) is 3. The second-order valence-corrected chi connectivity index (χ2v) is 7.35. The Balaban J connectivity index is 2.50. The fraction of sp³-hybridized carbons (Fsp3) is 0.429. The quantitative estimate of drug-likeness (QED) is 0.655. The Morgan fingerprint density at radius 3 is 2.35 bits per heavy atom. The lowest BCUT2D eigenvalue weighted by molar-refractivity contribution is 1.15. The van der Waals surface area contributed by atoms with Crippen LogP contribution in [0.4, 0.5) is 0 Å². The van der Waals surface area contributed by atoms with Crippen molar-refractivity contribution in [2.45, 2.75) is 37.8 Å². The van der Waals surface area contributed by atoms with Gasteiger partial charge in [0.15, 0.2) is 0 Å². The van der Waals surface area contributed by atoms with Gasteiger partial charge in [-0.05, 0) is 49.3 Å². The predicted molar refractivity (Wildman–Crippen MR) is 82.9 cm³/mol. The van der Waals surface area contributed by atoms with Crippen molar-refractivity contribution >= 4 is 34.4 Å². The van der Waals surface area contributed by atoms with Crippen LogP contribution < -0.4 is 0 Å². The standard InChI is InChI=1S/C14H18S3/c1-5-10-8-12(15-4)17-14(10)13-9(3)7-11(6-2)16-13/h7-8H,5-6H2,1-4H3. The molecule has 17 heavy (non-hydrogen) atoms. The minimum atomic E-state index is 1.13. The van der Waals surface area contributed by atoms with Gasteiger partial charge in [-0.2, -0.15) is 0 Å². The molecule has 2 aromatic heterocycles. The van der Waals surface area contributed by atoms with E-state index in [0.29, 0.717) is 0 Å². The van der Waals surface area contributed by atoms with Crippen LogP contribution in [-0.2, 0) is 12.8 Å². The van der Waals surface area contributed by atoms with Crippen LogP contribution in [0.2, 0.25) is 0 Å². The maximum Gasteiger partial charge on any atom is 0.0605 e. The van der Waals surface area contributed by atoms with E-state index in [1.54, 1.807) is 0 Å².